The van der Waals surface area contributed by atoms with Crippen molar-refractivity contribution in [3.8, 4) is 5.75 Å². The van der Waals surface area contributed by atoms with Crippen molar-refractivity contribution in [1.29, 1.82) is 0 Å². The molecule has 1 aromatic carbocycles. The first-order chi connectivity index (χ1) is 10.1. The normalized spacial score (nSPS) is 15.6. The van der Waals surface area contributed by atoms with Crippen molar-refractivity contribution in [2.24, 2.45) is 0 Å². The average Bonchev–Trinajstić information content (AvgIpc) is 3.24. The van der Waals surface area contributed by atoms with E-state index in [2.05, 4.69) is 5.32 Å². The minimum Gasteiger partial charge on any atom is -0.490 e. The molecule has 0 aliphatic heterocycles. The van der Waals surface area contributed by atoms with Gasteiger partial charge in [-0.15, -0.1) is 0 Å². The van der Waals surface area contributed by atoms with Crippen molar-refractivity contribution in [1.82, 2.24) is 5.32 Å². The van der Waals surface area contributed by atoms with Gasteiger partial charge in [-0.3, -0.25) is 4.79 Å². The van der Waals surface area contributed by atoms with Gasteiger partial charge in [-0.2, -0.15) is 0 Å². The van der Waals surface area contributed by atoms with Crippen molar-refractivity contribution in [3.05, 3.63) is 29.8 Å². The van der Waals surface area contributed by atoms with Crippen LogP contribution in [-0.2, 0) is 9.53 Å². The SMILES string of the molecule is CCOC(=O)C(CCOc1ccc(F)cc1F)NC1CC1. The molecule has 0 amide bonds. The molecule has 1 aliphatic carbocycles. The summed E-state index contributed by atoms with van der Waals surface area (Å²) in [5, 5.41) is 3.18. The molecule has 0 saturated heterocycles. The fourth-order valence-corrected chi connectivity index (χ4v) is 1.93. The maximum absolute atomic E-state index is 13.4. The molecule has 1 aromatic rings. The van der Waals surface area contributed by atoms with Gasteiger partial charge in [0, 0.05) is 18.5 Å². The average molecular weight is 299 g/mol. The number of carbonyl (C=O) groups excluding carboxylic acids is 1. The Morgan fingerprint density at radius 2 is 2.19 bits per heavy atom. The van der Waals surface area contributed by atoms with Gasteiger partial charge in [-0.05, 0) is 31.9 Å². The van der Waals surface area contributed by atoms with Gasteiger partial charge in [0.25, 0.3) is 0 Å². The monoisotopic (exact) mass is 299 g/mol. The fourth-order valence-electron chi connectivity index (χ4n) is 1.93. The van der Waals surface area contributed by atoms with E-state index in [1.165, 1.54) is 6.07 Å². The molecule has 1 unspecified atom stereocenters. The van der Waals surface area contributed by atoms with Gasteiger partial charge in [-0.25, -0.2) is 8.78 Å². The van der Waals surface area contributed by atoms with E-state index in [9.17, 15) is 13.6 Å². The Hall–Kier alpha value is -1.69. The number of hydrogen-bond donors (Lipinski definition) is 1. The molecule has 1 atom stereocenters. The van der Waals surface area contributed by atoms with Crippen LogP contribution < -0.4 is 10.1 Å². The van der Waals surface area contributed by atoms with E-state index < -0.39 is 17.7 Å². The van der Waals surface area contributed by atoms with Crippen LogP contribution in [0, 0.1) is 11.6 Å². The Bertz CT molecular complexity index is 492. The van der Waals surface area contributed by atoms with Crippen molar-refractivity contribution < 1.29 is 23.0 Å². The highest BCUT2D eigenvalue weighted by Crippen LogP contribution is 2.21. The van der Waals surface area contributed by atoms with Crippen molar-refractivity contribution >= 4 is 5.97 Å². The molecule has 116 valence electrons. The lowest BCUT2D eigenvalue weighted by atomic mass is 10.2. The molecule has 4 nitrogen and oxygen atoms in total. The van der Waals surface area contributed by atoms with Gasteiger partial charge in [0.05, 0.1) is 13.2 Å². The van der Waals surface area contributed by atoms with Gasteiger partial charge in [0.1, 0.15) is 11.9 Å². The highest BCUT2D eigenvalue weighted by atomic mass is 19.1. The molecule has 1 fully saturated rings. The lowest BCUT2D eigenvalue weighted by Gasteiger charge is -2.17. The van der Waals surface area contributed by atoms with E-state index in [1.54, 1.807) is 6.92 Å². The third kappa shape index (κ3) is 4.97. The summed E-state index contributed by atoms with van der Waals surface area (Å²) >= 11 is 0. The standard InChI is InChI=1S/C15H19F2NO3/c1-2-20-15(19)13(18-11-4-5-11)7-8-21-14-6-3-10(16)9-12(14)17/h3,6,9,11,13,18H,2,4-5,7-8H2,1H3. The van der Waals surface area contributed by atoms with Crippen LogP contribution in [0.2, 0.25) is 0 Å². The molecule has 1 N–H and O–H groups in total. The molecule has 2 rings (SSSR count). The first kappa shape index (κ1) is 15.7. The van der Waals surface area contributed by atoms with E-state index in [4.69, 9.17) is 9.47 Å². The molecule has 0 bridgehead atoms. The number of rotatable bonds is 8. The third-order valence-corrected chi connectivity index (χ3v) is 3.14. The molecule has 0 spiro atoms. The maximum atomic E-state index is 13.4. The van der Waals surface area contributed by atoms with Gasteiger partial charge in [0.2, 0.25) is 0 Å². The number of ether oxygens (including phenoxy) is 2. The first-order valence-electron chi connectivity index (χ1n) is 7.10. The first-order valence-corrected chi connectivity index (χ1v) is 7.10. The van der Waals surface area contributed by atoms with Gasteiger partial charge < -0.3 is 14.8 Å². The smallest absolute Gasteiger partial charge is 0.323 e. The summed E-state index contributed by atoms with van der Waals surface area (Å²) in [5.74, 6) is -1.75. The molecule has 1 saturated carbocycles. The van der Waals surface area contributed by atoms with Crippen LogP contribution in [0.3, 0.4) is 0 Å². The predicted molar refractivity (Wildman–Crippen MR) is 73.0 cm³/mol. The van der Waals surface area contributed by atoms with E-state index in [0.29, 0.717) is 19.1 Å². The zero-order chi connectivity index (χ0) is 15.2. The van der Waals surface area contributed by atoms with Crippen LogP contribution in [0.4, 0.5) is 8.78 Å². The Morgan fingerprint density at radius 3 is 2.81 bits per heavy atom. The molecule has 1 aliphatic rings. The van der Waals surface area contributed by atoms with E-state index in [0.717, 1.165) is 25.0 Å². The Kier molecular flexibility index (Phi) is 5.50. The zero-order valence-corrected chi connectivity index (χ0v) is 11.9. The van der Waals surface area contributed by atoms with Crippen molar-refractivity contribution in [3.63, 3.8) is 0 Å². The summed E-state index contributed by atoms with van der Waals surface area (Å²) < 4.78 is 36.4. The Morgan fingerprint density at radius 1 is 1.43 bits per heavy atom. The van der Waals surface area contributed by atoms with E-state index in [-0.39, 0.29) is 18.3 Å². The van der Waals surface area contributed by atoms with Crippen LogP contribution in [0.15, 0.2) is 18.2 Å². The second-order valence-corrected chi connectivity index (χ2v) is 4.96. The number of benzene rings is 1. The van der Waals surface area contributed by atoms with Crippen LogP contribution in [-0.4, -0.2) is 31.3 Å². The third-order valence-electron chi connectivity index (χ3n) is 3.14. The minimum absolute atomic E-state index is 0.0227. The summed E-state index contributed by atoms with van der Waals surface area (Å²) in [6.07, 6.45) is 2.46. The summed E-state index contributed by atoms with van der Waals surface area (Å²) in [7, 11) is 0. The van der Waals surface area contributed by atoms with Crippen LogP contribution in [0.5, 0.6) is 5.75 Å². The quantitative estimate of drug-likeness (QED) is 0.749. The molecular formula is C15H19F2NO3. The van der Waals surface area contributed by atoms with Gasteiger partial charge in [-0.1, -0.05) is 0 Å². The number of halogens is 2. The summed E-state index contributed by atoms with van der Waals surface area (Å²) in [6, 6.07) is 3.02. The Balaban J connectivity index is 1.84. The van der Waals surface area contributed by atoms with Crippen LogP contribution >= 0.6 is 0 Å². The van der Waals surface area contributed by atoms with Crippen molar-refractivity contribution in [2.45, 2.75) is 38.3 Å². The summed E-state index contributed by atoms with van der Waals surface area (Å²) in [6.45, 7) is 2.21. The Labute approximate surface area is 122 Å². The fraction of sp³-hybridized carbons (Fsp3) is 0.533. The lowest BCUT2D eigenvalue weighted by Crippen LogP contribution is -2.40. The molecule has 0 radical (unpaired) electrons. The zero-order valence-electron chi connectivity index (χ0n) is 11.9. The maximum Gasteiger partial charge on any atom is 0.323 e. The number of nitrogens with one attached hydrogen (secondary N) is 1. The van der Waals surface area contributed by atoms with E-state index >= 15 is 0 Å². The number of carbonyl (C=O) groups is 1. The van der Waals surface area contributed by atoms with Crippen molar-refractivity contribution in [2.75, 3.05) is 13.2 Å². The molecule has 6 heteroatoms. The minimum atomic E-state index is -0.752. The summed E-state index contributed by atoms with van der Waals surface area (Å²) in [5.41, 5.74) is 0. The van der Waals surface area contributed by atoms with Gasteiger partial charge in [0.15, 0.2) is 11.6 Å². The largest absolute Gasteiger partial charge is 0.490 e. The topological polar surface area (TPSA) is 47.6 Å². The molecular weight excluding hydrogens is 280 g/mol. The highest BCUT2D eigenvalue weighted by molar-refractivity contribution is 5.75. The van der Waals surface area contributed by atoms with Crippen LogP contribution in [0.25, 0.3) is 0 Å². The highest BCUT2D eigenvalue weighted by Gasteiger charge is 2.29. The van der Waals surface area contributed by atoms with Crippen LogP contribution in [0.1, 0.15) is 26.2 Å². The second-order valence-electron chi connectivity index (χ2n) is 4.96. The molecule has 0 aromatic heterocycles. The predicted octanol–water partition coefficient (Wildman–Crippen LogP) is 2.42. The lowest BCUT2D eigenvalue weighted by molar-refractivity contribution is -0.146. The number of esters is 1. The van der Waals surface area contributed by atoms with E-state index in [1.807, 2.05) is 0 Å². The van der Waals surface area contributed by atoms with Gasteiger partial charge >= 0.3 is 5.97 Å². The molecule has 0 heterocycles. The molecule has 21 heavy (non-hydrogen) atoms. The second kappa shape index (κ2) is 7.36. The summed E-state index contributed by atoms with van der Waals surface area (Å²) in [4.78, 5) is 11.8. The number of hydrogen-bond acceptors (Lipinski definition) is 4.